The van der Waals surface area contributed by atoms with Gasteiger partial charge in [0.2, 0.25) is 0 Å². The highest BCUT2D eigenvalue weighted by atomic mass is 28.3. The van der Waals surface area contributed by atoms with Crippen LogP contribution in [0.25, 0.3) is 0 Å². The van der Waals surface area contributed by atoms with E-state index in [0.29, 0.717) is 18.6 Å². The monoisotopic (exact) mass is 516 g/mol. The fourth-order valence-electron chi connectivity index (χ4n) is 4.63. The third-order valence-corrected chi connectivity index (χ3v) is 11.5. The molecule has 3 N–H and O–H groups in total. The van der Waals surface area contributed by atoms with Gasteiger partial charge in [0.1, 0.15) is 32.8 Å². The standard InChI is InChI=1S/C29H44O6Si/c1-9-29(33,10-2)18-35-25-13-15-27(22(6)20(25)4)36(7,8)26-14-12-24(19(3)21(26)5)34-17-23(30)11-16-28(31)32/h12-15,23,30,33H,9-11,16-18H2,1-8H3,(H,31,32)/t23-/m0/s1. The number of ether oxygens (including phenoxy) is 2. The molecule has 0 fully saturated rings. The molecule has 0 aliphatic heterocycles. The Kier molecular flexibility index (Phi) is 10.2. The van der Waals surface area contributed by atoms with Crippen LogP contribution in [-0.2, 0) is 4.79 Å². The van der Waals surface area contributed by atoms with Crippen molar-refractivity contribution in [2.24, 2.45) is 0 Å². The molecule has 0 heterocycles. The summed E-state index contributed by atoms with van der Waals surface area (Å²) < 4.78 is 11.9. The van der Waals surface area contributed by atoms with Crippen molar-refractivity contribution in [3.05, 3.63) is 46.5 Å². The summed E-state index contributed by atoms with van der Waals surface area (Å²) in [6.07, 6.45) is 0.573. The van der Waals surface area contributed by atoms with Crippen LogP contribution in [0.5, 0.6) is 11.5 Å². The van der Waals surface area contributed by atoms with E-state index in [0.717, 1.165) is 16.9 Å². The summed E-state index contributed by atoms with van der Waals surface area (Å²) in [6.45, 7) is 17.4. The molecule has 0 bridgehead atoms. The van der Waals surface area contributed by atoms with Gasteiger partial charge in [-0.3, -0.25) is 4.79 Å². The number of aliphatic carboxylic acids is 1. The van der Waals surface area contributed by atoms with E-state index in [1.54, 1.807) is 0 Å². The summed E-state index contributed by atoms with van der Waals surface area (Å²) >= 11 is 0. The normalized spacial score (nSPS) is 12.9. The van der Waals surface area contributed by atoms with Crippen molar-refractivity contribution in [1.29, 1.82) is 0 Å². The highest BCUT2D eigenvalue weighted by Crippen LogP contribution is 2.27. The number of rotatable bonds is 13. The Morgan fingerprint density at radius 3 is 1.81 bits per heavy atom. The van der Waals surface area contributed by atoms with Gasteiger partial charge in [-0.05, 0) is 81.3 Å². The number of carboxylic acid groups (broad SMARTS) is 1. The summed E-state index contributed by atoms with van der Waals surface area (Å²) in [5.41, 5.74) is 3.73. The minimum atomic E-state index is -2.07. The molecule has 0 aromatic heterocycles. The Bertz CT molecular complexity index is 1060. The molecule has 200 valence electrons. The van der Waals surface area contributed by atoms with Gasteiger partial charge < -0.3 is 24.8 Å². The largest absolute Gasteiger partial charge is 0.491 e. The van der Waals surface area contributed by atoms with Crippen LogP contribution in [0.1, 0.15) is 61.8 Å². The van der Waals surface area contributed by atoms with E-state index in [1.807, 2.05) is 32.9 Å². The Labute approximate surface area is 217 Å². The second-order valence-corrected chi connectivity index (χ2v) is 14.8. The van der Waals surface area contributed by atoms with E-state index in [4.69, 9.17) is 14.6 Å². The molecule has 0 spiro atoms. The first-order valence-electron chi connectivity index (χ1n) is 12.9. The molecule has 6 nitrogen and oxygen atoms in total. The lowest BCUT2D eigenvalue weighted by Gasteiger charge is -2.30. The van der Waals surface area contributed by atoms with Crippen molar-refractivity contribution in [3.63, 3.8) is 0 Å². The zero-order valence-electron chi connectivity index (χ0n) is 23.2. The minimum Gasteiger partial charge on any atom is -0.491 e. The van der Waals surface area contributed by atoms with Crippen LogP contribution in [0.15, 0.2) is 24.3 Å². The van der Waals surface area contributed by atoms with Gasteiger partial charge in [0, 0.05) is 6.42 Å². The first-order chi connectivity index (χ1) is 16.8. The number of aliphatic hydroxyl groups excluding tert-OH is 1. The van der Waals surface area contributed by atoms with Crippen molar-refractivity contribution >= 4 is 24.4 Å². The molecule has 1 atom stereocenters. The van der Waals surface area contributed by atoms with E-state index in [1.165, 1.54) is 21.5 Å². The SMILES string of the molecule is CCC(O)(CC)COc1ccc([Si](C)(C)c2ccc(OC[C@@H](O)CCC(=O)O)c(C)c2C)c(C)c1C. The zero-order chi connectivity index (χ0) is 27.3. The van der Waals surface area contributed by atoms with Gasteiger partial charge in [0.05, 0.1) is 11.7 Å². The van der Waals surface area contributed by atoms with Gasteiger partial charge in [0.25, 0.3) is 0 Å². The maximum absolute atomic E-state index is 10.7. The van der Waals surface area contributed by atoms with E-state index in [2.05, 4.69) is 46.0 Å². The Morgan fingerprint density at radius 2 is 1.36 bits per heavy atom. The van der Waals surface area contributed by atoms with E-state index >= 15 is 0 Å². The average molecular weight is 517 g/mol. The van der Waals surface area contributed by atoms with Crippen LogP contribution < -0.4 is 19.8 Å². The molecule has 0 radical (unpaired) electrons. The number of aliphatic hydroxyl groups is 2. The van der Waals surface area contributed by atoms with Gasteiger partial charge in [-0.1, -0.05) is 49.4 Å². The van der Waals surface area contributed by atoms with Gasteiger partial charge >= 0.3 is 5.97 Å². The smallest absolute Gasteiger partial charge is 0.303 e. The van der Waals surface area contributed by atoms with E-state index in [-0.39, 0.29) is 26.1 Å². The van der Waals surface area contributed by atoms with E-state index < -0.39 is 25.7 Å². The molecule has 0 aliphatic rings. The number of benzene rings is 2. The van der Waals surface area contributed by atoms with Crippen LogP contribution in [-0.4, -0.2) is 54.3 Å². The average Bonchev–Trinajstić information content (AvgIpc) is 2.83. The second kappa shape index (κ2) is 12.3. The van der Waals surface area contributed by atoms with Crippen LogP contribution in [0.4, 0.5) is 0 Å². The van der Waals surface area contributed by atoms with Crippen LogP contribution >= 0.6 is 0 Å². The lowest BCUT2D eigenvalue weighted by atomic mass is 9.99. The summed E-state index contributed by atoms with van der Waals surface area (Å²) in [4.78, 5) is 10.7. The molecule has 0 aliphatic carbocycles. The maximum atomic E-state index is 10.7. The van der Waals surface area contributed by atoms with Crippen molar-refractivity contribution in [1.82, 2.24) is 0 Å². The summed E-state index contributed by atoms with van der Waals surface area (Å²) in [6, 6.07) is 8.32. The number of carboxylic acids is 1. The molecule has 2 aromatic carbocycles. The van der Waals surface area contributed by atoms with Crippen molar-refractivity contribution < 1.29 is 29.6 Å². The second-order valence-electron chi connectivity index (χ2n) is 10.5. The zero-order valence-corrected chi connectivity index (χ0v) is 24.2. The molecular weight excluding hydrogens is 472 g/mol. The molecule has 7 heteroatoms. The molecule has 0 saturated heterocycles. The molecule has 2 rings (SSSR count). The first-order valence-corrected chi connectivity index (χ1v) is 15.9. The summed E-state index contributed by atoms with van der Waals surface area (Å²) in [5, 5.41) is 32.1. The molecule has 0 unspecified atom stereocenters. The number of hydrogen-bond donors (Lipinski definition) is 3. The minimum absolute atomic E-state index is 0.0681. The fraction of sp³-hybridized carbons (Fsp3) is 0.552. The summed E-state index contributed by atoms with van der Waals surface area (Å²) in [5.74, 6) is 0.608. The van der Waals surface area contributed by atoms with E-state index in [9.17, 15) is 15.0 Å². The number of hydrogen-bond acceptors (Lipinski definition) is 5. The van der Waals surface area contributed by atoms with Crippen molar-refractivity contribution in [3.8, 4) is 11.5 Å². The van der Waals surface area contributed by atoms with Crippen molar-refractivity contribution in [2.75, 3.05) is 13.2 Å². The lowest BCUT2D eigenvalue weighted by Crippen LogP contribution is -2.55. The molecule has 36 heavy (non-hydrogen) atoms. The topological polar surface area (TPSA) is 96.2 Å². The molecule has 0 saturated carbocycles. The maximum Gasteiger partial charge on any atom is 0.303 e. The highest BCUT2D eigenvalue weighted by molar-refractivity contribution is 7.01. The molecular formula is C29H44O6Si. The molecule has 2 aromatic rings. The third kappa shape index (κ3) is 6.90. The molecule has 0 amide bonds. The lowest BCUT2D eigenvalue weighted by molar-refractivity contribution is -0.137. The Morgan fingerprint density at radius 1 is 0.889 bits per heavy atom. The van der Waals surface area contributed by atoms with Crippen LogP contribution in [0.3, 0.4) is 0 Å². The highest BCUT2D eigenvalue weighted by Gasteiger charge is 2.31. The summed E-state index contributed by atoms with van der Waals surface area (Å²) in [7, 11) is -2.07. The number of carbonyl (C=O) groups is 1. The predicted octanol–water partition coefficient (Wildman–Crippen LogP) is 4.28. The van der Waals surface area contributed by atoms with Gasteiger partial charge in [0.15, 0.2) is 0 Å². The fourth-order valence-corrected chi connectivity index (χ4v) is 8.17. The van der Waals surface area contributed by atoms with Gasteiger partial charge in [-0.25, -0.2) is 0 Å². The third-order valence-electron chi connectivity index (χ3n) is 7.76. The Balaban J connectivity index is 2.28. The Hall–Kier alpha value is -2.35. The van der Waals surface area contributed by atoms with Crippen molar-refractivity contribution in [2.45, 2.75) is 92.0 Å². The van der Waals surface area contributed by atoms with Gasteiger partial charge in [-0.2, -0.15) is 0 Å². The van der Waals surface area contributed by atoms with Gasteiger partial charge in [-0.15, -0.1) is 0 Å². The van der Waals surface area contributed by atoms with Crippen LogP contribution in [0, 0.1) is 27.7 Å². The predicted molar refractivity (Wildman–Crippen MR) is 148 cm³/mol. The quantitative estimate of drug-likeness (QED) is 0.344. The first kappa shape index (κ1) is 29.9. The van der Waals surface area contributed by atoms with Crippen LogP contribution in [0.2, 0.25) is 13.1 Å².